The van der Waals surface area contributed by atoms with Gasteiger partial charge in [-0.3, -0.25) is 9.67 Å². The maximum atomic E-state index is 13.2. The second kappa shape index (κ2) is 7.02. The fourth-order valence-corrected chi connectivity index (χ4v) is 4.60. The number of hydrogen-bond acceptors (Lipinski definition) is 5. The van der Waals surface area contributed by atoms with Crippen molar-refractivity contribution in [3.8, 4) is 0 Å². The average molecular weight is 430 g/mol. The van der Waals surface area contributed by atoms with Gasteiger partial charge in [0.15, 0.2) is 11.3 Å². The van der Waals surface area contributed by atoms with Gasteiger partial charge in [0.25, 0.3) is 0 Å². The van der Waals surface area contributed by atoms with Crippen LogP contribution >= 0.6 is 0 Å². The van der Waals surface area contributed by atoms with Crippen molar-refractivity contribution >= 4 is 21.1 Å². The Labute approximate surface area is 162 Å². The van der Waals surface area contributed by atoms with Crippen molar-refractivity contribution in [2.75, 3.05) is 6.54 Å². The molecule has 29 heavy (non-hydrogen) atoms. The number of hydrogen-bond donors (Lipinski definition) is 2. The fraction of sp³-hybridized carbons (Fsp3) is 0.412. The van der Waals surface area contributed by atoms with Crippen molar-refractivity contribution in [3.63, 3.8) is 0 Å². The van der Waals surface area contributed by atoms with Gasteiger partial charge in [-0.2, -0.15) is 18.3 Å². The van der Waals surface area contributed by atoms with Gasteiger partial charge in [0.1, 0.15) is 0 Å². The van der Waals surface area contributed by atoms with E-state index in [9.17, 15) is 26.4 Å². The summed E-state index contributed by atoms with van der Waals surface area (Å²) in [7, 11) is -3.93. The third kappa shape index (κ3) is 3.81. The van der Waals surface area contributed by atoms with Crippen LogP contribution in [0.15, 0.2) is 32.3 Å². The number of fused-ring (bicyclic) bond motifs is 2. The number of aromatic nitrogens is 3. The largest absolute Gasteiger partial charge is 0.435 e. The first kappa shape index (κ1) is 19.7. The number of alkyl halides is 3. The molecule has 4 rings (SSSR count). The first-order valence-corrected chi connectivity index (χ1v) is 10.4. The van der Waals surface area contributed by atoms with E-state index in [1.54, 1.807) is 0 Å². The van der Waals surface area contributed by atoms with Crippen LogP contribution in [0.1, 0.15) is 29.8 Å². The number of benzene rings is 1. The molecular weight excluding hydrogens is 413 g/mol. The lowest BCUT2D eigenvalue weighted by atomic mass is 9.95. The summed E-state index contributed by atoms with van der Waals surface area (Å²) in [6, 6.07) is 3.88. The summed E-state index contributed by atoms with van der Waals surface area (Å²) in [6.45, 7) is -0.157. The first-order chi connectivity index (χ1) is 13.6. The summed E-state index contributed by atoms with van der Waals surface area (Å²) in [4.78, 5) is 13.5. The minimum Gasteiger partial charge on any atom is -0.408 e. The number of nitrogens with zero attached hydrogens (tertiary/aromatic N) is 2. The van der Waals surface area contributed by atoms with Gasteiger partial charge >= 0.3 is 11.9 Å². The van der Waals surface area contributed by atoms with Gasteiger partial charge in [-0.15, -0.1) is 0 Å². The highest BCUT2D eigenvalue weighted by molar-refractivity contribution is 7.89. The zero-order valence-corrected chi connectivity index (χ0v) is 15.9. The van der Waals surface area contributed by atoms with Crippen LogP contribution in [-0.2, 0) is 35.6 Å². The van der Waals surface area contributed by atoms with E-state index in [0.717, 1.165) is 6.42 Å². The fourth-order valence-electron chi connectivity index (χ4n) is 3.55. The molecule has 0 amide bonds. The van der Waals surface area contributed by atoms with Crippen molar-refractivity contribution in [2.24, 2.45) is 0 Å². The van der Waals surface area contributed by atoms with E-state index in [1.807, 2.05) is 0 Å². The van der Waals surface area contributed by atoms with Crippen molar-refractivity contribution in [2.45, 2.75) is 43.3 Å². The Balaban J connectivity index is 1.52. The highest BCUT2D eigenvalue weighted by Crippen LogP contribution is 2.35. The smallest absolute Gasteiger partial charge is 0.408 e. The molecule has 0 aliphatic heterocycles. The molecule has 2 N–H and O–H groups in total. The summed E-state index contributed by atoms with van der Waals surface area (Å²) in [5, 5.41) is 3.70. The first-order valence-electron chi connectivity index (χ1n) is 8.93. The van der Waals surface area contributed by atoms with Crippen LogP contribution in [0, 0.1) is 0 Å². The second-order valence-corrected chi connectivity index (χ2v) is 8.54. The molecule has 8 nitrogen and oxygen atoms in total. The third-order valence-corrected chi connectivity index (χ3v) is 6.30. The van der Waals surface area contributed by atoms with Crippen LogP contribution in [-0.4, -0.2) is 29.7 Å². The molecule has 0 fully saturated rings. The molecule has 12 heteroatoms. The monoisotopic (exact) mass is 430 g/mol. The molecule has 0 atom stereocenters. The molecule has 1 aromatic carbocycles. The molecule has 156 valence electrons. The summed E-state index contributed by atoms with van der Waals surface area (Å²) in [5.74, 6) is -0.702. The van der Waals surface area contributed by atoms with Gasteiger partial charge in [0, 0.05) is 17.8 Å². The summed E-state index contributed by atoms with van der Waals surface area (Å²) in [5.41, 5.74) is 0.288. The molecular formula is C17H17F3N4O4S. The normalized spacial score (nSPS) is 15.0. The Hall–Kier alpha value is -2.60. The number of oxazole rings is 1. The quantitative estimate of drug-likeness (QED) is 0.645. The second-order valence-electron chi connectivity index (χ2n) is 6.77. The zero-order chi connectivity index (χ0) is 20.8. The molecule has 0 bridgehead atoms. The molecule has 1 aliphatic rings. The van der Waals surface area contributed by atoms with Crippen LogP contribution in [0.4, 0.5) is 13.2 Å². The SMILES string of the molecule is O=c1[nH]c2cc(S(=O)(=O)NCCn3nc(C(F)(F)F)c4c3CCCC4)ccc2o1. The lowest BCUT2D eigenvalue weighted by Crippen LogP contribution is -2.28. The van der Waals surface area contributed by atoms with Crippen molar-refractivity contribution < 1.29 is 26.0 Å². The minimum absolute atomic E-state index is 0.0254. The Morgan fingerprint density at radius 1 is 1.24 bits per heavy atom. The zero-order valence-electron chi connectivity index (χ0n) is 15.0. The third-order valence-electron chi connectivity index (χ3n) is 4.84. The number of aromatic amines is 1. The molecule has 2 heterocycles. The van der Waals surface area contributed by atoms with Gasteiger partial charge in [0.05, 0.1) is 17.0 Å². The van der Waals surface area contributed by atoms with Gasteiger partial charge in [-0.25, -0.2) is 17.9 Å². The Morgan fingerprint density at radius 3 is 2.76 bits per heavy atom. The summed E-state index contributed by atoms with van der Waals surface area (Å²) in [6.07, 6.45) is -2.30. The van der Waals surface area contributed by atoms with Crippen LogP contribution in [0.5, 0.6) is 0 Å². The number of halogens is 3. The van der Waals surface area contributed by atoms with E-state index in [-0.39, 0.29) is 34.6 Å². The predicted octanol–water partition coefficient (Wildman–Crippen LogP) is 2.19. The maximum Gasteiger partial charge on any atom is 0.435 e. The predicted molar refractivity (Wildman–Crippen MR) is 95.9 cm³/mol. The molecule has 0 unspecified atom stereocenters. The molecule has 0 radical (unpaired) electrons. The van der Waals surface area contributed by atoms with E-state index in [4.69, 9.17) is 4.42 Å². The van der Waals surface area contributed by atoms with Gasteiger partial charge in [-0.05, 0) is 43.9 Å². The minimum atomic E-state index is -4.54. The molecule has 0 saturated heterocycles. The number of rotatable bonds is 5. The van der Waals surface area contributed by atoms with E-state index in [0.29, 0.717) is 25.0 Å². The van der Waals surface area contributed by atoms with Crippen LogP contribution in [0.3, 0.4) is 0 Å². The summed E-state index contributed by atoms with van der Waals surface area (Å²) >= 11 is 0. The van der Waals surface area contributed by atoms with Crippen molar-refractivity contribution in [1.82, 2.24) is 19.5 Å². The maximum absolute atomic E-state index is 13.2. The molecule has 2 aromatic heterocycles. The summed E-state index contributed by atoms with van der Waals surface area (Å²) < 4.78 is 73.1. The van der Waals surface area contributed by atoms with E-state index >= 15 is 0 Å². The Kier molecular flexibility index (Phi) is 4.77. The van der Waals surface area contributed by atoms with Crippen LogP contribution in [0.25, 0.3) is 11.1 Å². The average Bonchev–Trinajstić information content (AvgIpc) is 3.20. The van der Waals surface area contributed by atoms with Crippen LogP contribution in [0.2, 0.25) is 0 Å². The highest BCUT2D eigenvalue weighted by atomic mass is 32.2. The molecule has 1 aliphatic carbocycles. The molecule has 0 saturated carbocycles. The van der Waals surface area contributed by atoms with E-state index in [2.05, 4.69) is 14.8 Å². The standard InChI is InChI=1S/C17H17F3N4O4S/c18-17(19,20)15-11-3-1-2-4-13(11)24(23-15)8-7-21-29(26,27)10-5-6-14-12(9-10)22-16(25)28-14/h5-6,9,21H,1-4,7-8H2,(H,22,25). The van der Waals surface area contributed by atoms with Gasteiger partial charge in [0.2, 0.25) is 10.0 Å². The van der Waals surface area contributed by atoms with Crippen molar-refractivity contribution in [3.05, 3.63) is 45.7 Å². The number of sulfonamides is 1. The van der Waals surface area contributed by atoms with E-state index < -0.39 is 27.6 Å². The number of H-pyrrole nitrogens is 1. The lowest BCUT2D eigenvalue weighted by Gasteiger charge is -2.15. The van der Waals surface area contributed by atoms with Crippen LogP contribution < -0.4 is 10.5 Å². The molecule has 3 aromatic rings. The van der Waals surface area contributed by atoms with Gasteiger partial charge in [-0.1, -0.05) is 0 Å². The topological polar surface area (TPSA) is 110 Å². The number of nitrogens with one attached hydrogen (secondary N) is 2. The Bertz CT molecular complexity index is 1220. The lowest BCUT2D eigenvalue weighted by molar-refractivity contribution is -0.142. The highest BCUT2D eigenvalue weighted by Gasteiger charge is 2.39. The van der Waals surface area contributed by atoms with Gasteiger partial charge < -0.3 is 4.42 Å². The Morgan fingerprint density at radius 2 is 2.00 bits per heavy atom. The van der Waals surface area contributed by atoms with Crippen molar-refractivity contribution in [1.29, 1.82) is 0 Å². The van der Waals surface area contributed by atoms with E-state index in [1.165, 1.54) is 22.9 Å². The molecule has 0 spiro atoms.